The average molecular weight is 495 g/mol. The first kappa shape index (κ1) is 23.7. The maximum absolute atomic E-state index is 14.9. The Hall–Kier alpha value is -3.47. The lowest BCUT2D eigenvalue weighted by Crippen LogP contribution is -2.41. The van der Waals surface area contributed by atoms with Gasteiger partial charge in [-0.3, -0.25) is 24.1 Å². The molecule has 2 N–H and O–H groups in total. The van der Waals surface area contributed by atoms with Gasteiger partial charge in [0.15, 0.2) is 0 Å². The van der Waals surface area contributed by atoms with Crippen molar-refractivity contribution < 1.29 is 17.6 Å². The van der Waals surface area contributed by atoms with Crippen LogP contribution in [0.15, 0.2) is 57.5 Å². The summed E-state index contributed by atoms with van der Waals surface area (Å²) in [4.78, 5) is 25.6. The molecule has 1 unspecified atom stereocenters. The number of fused-ring (bicyclic) bond motifs is 1. The summed E-state index contributed by atoms with van der Waals surface area (Å²) in [5.74, 6) is -0.784. The van der Waals surface area contributed by atoms with Gasteiger partial charge >= 0.3 is 11.9 Å². The fourth-order valence-electron chi connectivity index (χ4n) is 3.84. The van der Waals surface area contributed by atoms with E-state index in [9.17, 15) is 22.4 Å². The molecule has 4 rings (SSSR count). The predicted molar refractivity (Wildman–Crippen MR) is 120 cm³/mol. The monoisotopic (exact) mass is 494 g/mol. The van der Waals surface area contributed by atoms with E-state index in [-0.39, 0.29) is 23.6 Å². The largest absolute Gasteiger partial charge is 0.406 e. The number of nitrogens with two attached hydrogens (primary N) is 1. The van der Waals surface area contributed by atoms with E-state index in [0.717, 1.165) is 10.8 Å². The van der Waals surface area contributed by atoms with Crippen molar-refractivity contribution in [2.45, 2.75) is 38.7 Å². The van der Waals surface area contributed by atoms with Gasteiger partial charge in [-0.2, -0.15) is 13.2 Å². The zero-order chi connectivity index (χ0) is 24.8. The minimum absolute atomic E-state index is 0.0472. The van der Waals surface area contributed by atoms with Crippen LogP contribution in [-0.4, -0.2) is 31.8 Å². The smallest absolute Gasteiger partial charge is 0.382 e. The summed E-state index contributed by atoms with van der Waals surface area (Å²) >= 11 is 5.86. The van der Waals surface area contributed by atoms with Gasteiger partial charge in [0.25, 0.3) is 0 Å². The molecule has 7 nitrogen and oxygen atoms in total. The highest BCUT2D eigenvalue weighted by Gasteiger charge is 2.37. The number of rotatable bonds is 4. The lowest BCUT2D eigenvalue weighted by Gasteiger charge is -2.31. The first-order valence-electron chi connectivity index (χ1n) is 10.1. The average Bonchev–Trinajstić information content (AvgIpc) is 3.04. The van der Waals surface area contributed by atoms with Crippen molar-refractivity contribution in [3.05, 3.63) is 81.0 Å². The van der Waals surface area contributed by atoms with Crippen LogP contribution in [0.25, 0.3) is 0 Å². The number of halogens is 5. The van der Waals surface area contributed by atoms with E-state index in [1.807, 2.05) is 0 Å². The Morgan fingerprint density at radius 3 is 2.68 bits per heavy atom. The minimum atomic E-state index is -4.59. The predicted octanol–water partition coefficient (Wildman–Crippen LogP) is 4.17. The van der Waals surface area contributed by atoms with Crippen LogP contribution in [0.1, 0.15) is 30.8 Å². The Morgan fingerprint density at radius 2 is 2.03 bits per heavy atom. The number of benzene rings is 1. The Morgan fingerprint density at radius 1 is 1.29 bits per heavy atom. The molecule has 3 heterocycles. The molecule has 0 saturated heterocycles. The Kier molecular flexibility index (Phi) is 5.84. The Balaban J connectivity index is 1.73. The second kappa shape index (κ2) is 8.39. The summed E-state index contributed by atoms with van der Waals surface area (Å²) in [6.45, 7) is 1.61. The molecule has 0 radical (unpaired) electrons. The van der Waals surface area contributed by atoms with Crippen molar-refractivity contribution in [1.82, 2.24) is 14.1 Å². The lowest BCUT2D eigenvalue weighted by molar-refractivity contribution is -0.141. The zero-order valence-corrected chi connectivity index (χ0v) is 18.8. The van der Waals surface area contributed by atoms with Crippen molar-refractivity contribution in [1.29, 1.82) is 0 Å². The normalized spacial score (nSPS) is 18.6. The molecule has 0 spiro atoms. The topological polar surface area (TPSA) is 90.6 Å². The third kappa shape index (κ3) is 4.60. The molecule has 1 aliphatic rings. The second-order valence-corrected chi connectivity index (χ2v) is 8.56. The highest BCUT2D eigenvalue weighted by Crippen LogP contribution is 2.35. The van der Waals surface area contributed by atoms with E-state index in [1.165, 1.54) is 24.4 Å². The Labute approximate surface area is 196 Å². The lowest BCUT2D eigenvalue weighted by atomic mass is 9.90. The molecule has 0 fully saturated rings. The van der Waals surface area contributed by atoms with Crippen molar-refractivity contribution in [3.63, 3.8) is 0 Å². The minimum Gasteiger partial charge on any atom is -0.382 e. The summed E-state index contributed by atoms with van der Waals surface area (Å²) in [5.41, 5.74) is 5.39. The first-order valence-corrected chi connectivity index (χ1v) is 10.4. The maximum Gasteiger partial charge on any atom is 0.406 e. The second-order valence-electron chi connectivity index (χ2n) is 8.12. The van der Waals surface area contributed by atoms with Crippen molar-refractivity contribution in [2.24, 2.45) is 15.7 Å². The molecule has 0 bridgehead atoms. The third-order valence-electron chi connectivity index (χ3n) is 5.42. The maximum atomic E-state index is 14.9. The van der Waals surface area contributed by atoms with Crippen LogP contribution in [0.3, 0.4) is 0 Å². The highest BCUT2D eigenvalue weighted by molar-refractivity contribution is 6.30. The molecule has 1 atom stereocenters. The quantitative estimate of drug-likeness (QED) is 0.436. The van der Waals surface area contributed by atoms with E-state index in [0.29, 0.717) is 26.7 Å². The molecule has 2 aromatic heterocycles. The van der Waals surface area contributed by atoms with Crippen LogP contribution in [0.5, 0.6) is 0 Å². The number of alkyl halides is 3. The fraction of sp³-hybridized carbons (Fsp3) is 0.273. The summed E-state index contributed by atoms with van der Waals surface area (Å²) in [5, 5.41) is 0.472. The molecular formula is C22H19ClF4N6O. The van der Waals surface area contributed by atoms with E-state index in [2.05, 4.69) is 15.0 Å². The van der Waals surface area contributed by atoms with Crippen LogP contribution in [-0.2, 0) is 18.6 Å². The SMILES string of the molecule is CC(=Nc1ccc(F)c(C2(C)Cn3c(cn(CC(F)(F)F)c3=O)C(N)=N2)c1)c1ccc(Cl)cn1. The Bertz CT molecular complexity index is 1370. The van der Waals surface area contributed by atoms with Gasteiger partial charge in [0.2, 0.25) is 0 Å². The summed E-state index contributed by atoms with van der Waals surface area (Å²) in [7, 11) is 0. The van der Waals surface area contributed by atoms with E-state index in [1.54, 1.807) is 26.0 Å². The van der Waals surface area contributed by atoms with Gasteiger partial charge < -0.3 is 5.73 Å². The molecule has 0 amide bonds. The van der Waals surface area contributed by atoms with Crippen molar-refractivity contribution in [3.8, 4) is 0 Å². The number of nitrogens with zero attached hydrogens (tertiary/aromatic N) is 5. The summed E-state index contributed by atoms with van der Waals surface area (Å²) < 4.78 is 55.0. The van der Waals surface area contributed by atoms with Gasteiger partial charge in [0, 0.05) is 18.0 Å². The van der Waals surface area contributed by atoms with Gasteiger partial charge in [-0.1, -0.05) is 11.6 Å². The van der Waals surface area contributed by atoms with Gasteiger partial charge in [0.1, 0.15) is 29.4 Å². The zero-order valence-electron chi connectivity index (χ0n) is 18.1. The fourth-order valence-corrected chi connectivity index (χ4v) is 3.95. The van der Waals surface area contributed by atoms with Crippen LogP contribution < -0.4 is 11.4 Å². The number of aromatic nitrogens is 3. The molecule has 3 aromatic rings. The van der Waals surface area contributed by atoms with Crippen LogP contribution in [0.4, 0.5) is 23.2 Å². The molecule has 178 valence electrons. The third-order valence-corrected chi connectivity index (χ3v) is 5.64. The standard InChI is InChI=1S/C22H19ClF4N6O/c1-12(17-6-3-13(23)8-29-17)30-14-4-5-16(24)15(7-14)21(2)10-33-18(19(28)31-21)9-32(20(33)34)11-22(25,26)27/h3-9H,10-11H2,1-2H3,(H2,28,31). The number of aliphatic imine (C=N–C) groups is 2. The van der Waals surface area contributed by atoms with Gasteiger partial charge in [-0.15, -0.1) is 0 Å². The summed E-state index contributed by atoms with van der Waals surface area (Å²) in [6, 6.07) is 7.50. The van der Waals surface area contributed by atoms with Gasteiger partial charge in [-0.25, -0.2) is 9.18 Å². The van der Waals surface area contributed by atoms with Crippen LogP contribution in [0.2, 0.25) is 5.02 Å². The number of hydrogen-bond acceptors (Lipinski definition) is 5. The highest BCUT2D eigenvalue weighted by atomic mass is 35.5. The molecule has 34 heavy (non-hydrogen) atoms. The van der Waals surface area contributed by atoms with Gasteiger partial charge in [0.05, 0.1) is 28.7 Å². The molecule has 1 aliphatic heterocycles. The van der Waals surface area contributed by atoms with E-state index >= 15 is 0 Å². The van der Waals surface area contributed by atoms with Crippen molar-refractivity contribution in [2.75, 3.05) is 0 Å². The molecule has 0 saturated carbocycles. The van der Waals surface area contributed by atoms with E-state index in [4.69, 9.17) is 17.3 Å². The van der Waals surface area contributed by atoms with Gasteiger partial charge in [-0.05, 0) is 44.2 Å². The molecular weight excluding hydrogens is 476 g/mol. The van der Waals surface area contributed by atoms with Crippen LogP contribution >= 0.6 is 11.6 Å². The van der Waals surface area contributed by atoms with E-state index < -0.39 is 29.8 Å². The molecule has 12 heteroatoms. The van der Waals surface area contributed by atoms with Crippen molar-refractivity contribution >= 4 is 28.8 Å². The first-order chi connectivity index (χ1) is 15.9. The molecule has 1 aromatic carbocycles. The number of amidine groups is 1. The summed E-state index contributed by atoms with van der Waals surface area (Å²) in [6.07, 6.45) is -2.10. The van der Waals surface area contributed by atoms with Crippen LogP contribution in [0, 0.1) is 5.82 Å². The molecule has 0 aliphatic carbocycles. The number of hydrogen-bond donors (Lipinski definition) is 1. The number of pyridine rings is 1. The number of imidazole rings is 1.